The molecule has 2 aliphatic heterocycles. The Morgan fingerprint density at radius 1 is 1.24 bits per heavy atom. The summed E-state index contributed by atoms with van der Waals surface area (Å²) in [4.78, 5) is 32.9. The van der Waals surface area contributed by atoms with Gasteiger partial charge in [0.15, 0.2) is 5.96 Å². The van der Waals surface area contributed by atoms with Crippen molar-refractivity contribution >= 4 is 47.4 Å². The number of likely N-dealkylation sites (tertiary alicyclic amines) is 1. The number of amides is 2. The van der Waals surface area contributed by atoms with Crippen molar-refractivity contribution in [2.45, 2.75) is 39.2 Å². The minimum atomic E-state index is 0. The molecule has 8 heteroatoms. The maximum atomic E-state index is 12.8. The van der Waals surface area contributed by atoms with Crippen molar-refractivity contribution in [3.63, 3.8) is 0 Å². The third kappa shape index (κ3) is 5.83. The first-order valence-corrected chi connectivity index (χ1v) is 10.1. The van der Waals surface area contributed by atoms with Gasteiger partial charge in [0.1, 0.15) is 0 Å². The van der Waals surface area contributed by atoms with E-state index in [0.29, 0.717) is 12.5 Å². The molecular weight excluding hydrogens is 481 g/mol. The van der Waals surface area contributed by atoms with E-state index in [1.54, 1.807) is 7.05 Å². The van der Waals surface area contributed by atoms with E-state index in [1.165, 1.54) is 5.56 Å². The quantitative estimate of drug-likeness (QED) is 0.367. The smallest absolute Gasteiger partial charge is 0.246 e. The van der Waals surface area contributed by atoms with E-state index in [0.717, 1.165) is 38.0 Å². The number of guanidine groups is 1. The number of hydrogen-bond acceptors (Lipinski definition) is 3. The first-order chi connectivity index (χ1) is 13.5. The third-order valence-electron chi connectivity index (χ3n) is 5.38. The molecule has 1 aromatic rings. The van der Waals surface area contributed by atoms with Gasteiger partial charge < -0.3 is 20.4 Å². The van der Waals surface area contributed by atoms with Gasteiger partial charge in [-0.25, -0.2) is 0 Å². The van der Waals surface area contributed by atoms with Crippen molar-refractivity contribution < 1.29 is 9.59 Å². The van der Waals surface area contributed by atoms with Crippen LogP contribution in [0.1, 0.15) is 32.3 Å². The molecule has 0 bridgehead atoms. The second-order valence-electron chi connectivity index (χ2n) is 7.77. The highest BCUT2D eigenvalue weighted by molar-refractivity contribution is 14.0. The molecule has 0 saturated carbocycles. The minimum Gasteiger partial charge on any atom is -0.352 e. The van der Waals surface area contributed by atoms with Gasteiger partial charge in [-0.15, -0.1) is 24.0 Å². The first kappa shape index (κ1) is 23.4. The van der Waals surface area contributed by atoms with Gasteiger partial charge >= 0.3 is 0 Å². The second kappa shape index (κ2) is 10.8. The largest absolute Gasteiger partial charge is 0.352 e. The molecule has 2 aliphatic rings. The Hall–Kier alpha value is -1.84. The van der Waals surface area contributed by atoms with Gasteiger partial charge in [0.2, 0.25) is 11.8 Å². The predicted octanol–water partition coefficient (Wildman–Crippen LogP) is 2.01. The maximum absolute atomic E-state index is 12.8. The number of aliphatic imine (C=N–C) groups is 1. The minimum absolute atomic E-state index is 0. The van der Waals surface area contributed by atoms with Gasteiger partial charge in [0, 0.05) is 44.3 Å². The molecule has 0 aromatic heterocycles. The first-order valence-electron chi connectivity index (χ1n) is 10.1. The highest BCUT2D eigenvalue weighted by Crippen LogP contribution is 2.26. The van der Waals surface area contributed by atoms with Crippen molar-refractivity contribution in [2.24, 2.45) is 10.9 Å². The van der Waals surface area contributed by atoms with Crippen LogP contribution in [0.2, 0.25) is 0 Å². The second-order valence-corrected chi connectivity index (χ2v) is 7.77. The summed E-state index contributed by atoms with van der Waals surface area (Å²) in [5, 5.41) is 6.48. The molecule has 0 spiro atoms. The van der Waals surface area contributed by atoms with Crippen LogP contribution in [0, 0.1) is 5.92 Å². The number of benzene rings is 1. The van der Waals surface area contributed by atoms with Crippen LogP contribution in [0.5, 0.6) is 0 Å². The molecule has 0 radical (unpaired) electrons. The number of rotatable bonds is 4. The highest BCUT2D eigenvalue weighted by atomic mass is 127. The Labute approximate surface area is 190 Å². The number of anilines is 1. The van der Waals surface area contributed by atoms with E-state index in [9.17, 15) is 9.59 Å². The number of nitrogens with one attached hydrogen (secondary N) is 2. The Bertz CT molecular complexity index is 752. The summed E-state index contributed by atoms with van der Waals surface area (Å²) in [6.07, 6.45) is 2.88. The van der Waals surface area contributed by atoms with Gasteiger partial charge in [-0.05, 0) is 30.9 Å². The number of aryl methyl sites for hydroxylation is 1. The Morgan fingerprint density at radius 2 is 2.00 bits per heavy atom. The van der Waals surface area contributed by atoms with Crippen LogP contribution >= 0.6 is 24.0 Å². The van der Waals surface area contributed by atoms with E-state index >= 15 is 0 Å². The van der Waals surface area contributed by atoms with Gasteiger partial charge in [-0.1, -0.05) is 32.0 Å². The van der Waals surface area contributed by atoms with Crippen LogP contribution in [-0.4, -0.2) is 61.9 Å². The van der Waals surface area contributed by atoms with Crippen LogP contribution in [0.15, 0.2) is 29.3 Å². The molecular formula is C21H32IN5O2. The molecule has 2 amide bonds. The summed E-state index contributed by atoms with van der Waals surface area (Å²) in [6.45, 7) is 6.22. The standard InChI is InChI=1S/C21H31N5O2.HI/c1-15(2)20(28)25-12-10-17(14-25)24-21(22-3)23-13-19(27)26-11-6-8-16-7-4-5-9-18(16)26;/h4-5,7,9,15,17H,6,8,10-14H2,1-3H3,(H2,22,23,24);1H. The van der Waals surface area contributed by atoms with Crippen LogP contribution in [0.25, 0.3) is 0 Å². The third-order valence-corrected chi connectivity index (χ3v) is 5.38. The average molecular weight is 513 g/mol. The molecule has 1 aromatic carbocycles. The van der Waals surface area contributed by atoms with Crippen LogP contribution < -0.4 is 15.5 Å². The molecule has 1 atom stereocenters. The van der Waals surface area contributed by atoms with Gasteiger partial charge in [-0.2, -0.15) is 0 Å². The van der Waals surface area contributed by atoms with Crippen LogP contribution in [0.4, 0.5) is 5.69 Å². The number of carbonyl (C=O) groups excluding carboxylic acids is 2. The van der Waals surface area contributed by atoms with Gasteiger partial charge in [-0.3, -0.25) is 14.6 Å². The van der Waals surface area contributed by atoms with Crippen molar-refractivity contribution in [1.29, 1.82) is 0 Å². The number of fused-ring (bicyclic) bond motifs is 1. The van der Waals surface area contributed by atoms with E-state index in [4.69, 9.17) is 0 Å². The molecule has 2 heterocycles. The maximum Gasteiger partial charge on any atom is 0.246 e. The Morgan fingerprint density at radius 3 is 2.72 bits per heavy atom. The zero-order chi connectivity index (χ0) is 20.1. The van der Waals surface area contributed by atoms with E-state index < -0.39 is 0 Å². The fourth-order valence-corrected chi connectivity index (χ4v) is 3.88. The lowest BCUT2D eigenvalue weighted by molar-refractivity contribution is -0.133. The zero-order valence-electron chi connectivity index (χ0n) is 17.5. The lowest BCUT2D eigenvalue weighted by Crippen LogP contribution is -2.49. The predicted molar refractivity (Wildman–Crippen MR) is 127 cm³/mol. The molecule has 160 valence electrons. The Balaban J connectivity index is 0.00000300. The van der Waals surface area contributed by atoms with E-state index in [2.05, 4.69) is 21.7 Å². The number of carbonyl (C=O) groups is 2. The van der Waals surface area contributed by atoms with Crippen LogP contribution in [0.3, 0.4) is 0 Å². The summed E-state index contributed by atoms with van der Waals surface area (Å²) < 4.78 is 0. The average Bonchev–Trinajstić information content (AvgIpc) is 3.18. The SMILES string of the molecule is CN=C(NCC(=O)N1CCCc2ccccc21)NC1CCN(C(=O)C(C)C)C1.I. The lowest BCUT2D eigenvalue weighted by atomic mass is 10.0. The van der Waals surface area contributed by atoms with Crippen molar-refractivity contribution in [3.05, 3.63) is 29.8 Å². The highest BCUT2D eigenvalue weighted by Gasteiger charge is 2.28. The molecule has 0 aliphatic carbocycles. The molecule has 1 unspecified atom stereocenters. The van der Waals surface area contributed by atoms with Crippen molar-refractivity contribution in [3.8, 4) is 0 Å². The number of halogens is 1. The summed E-state index contributed by atoms with van der Waals surface area (Å²) in [7, 11) is 1.70. The zero-order valence-corrected chi connectivity index (χ0v) is 19.8. The molecule has 29 heavy (non-hydrogen) atoms. The molecule has 1 fully saturated rings. The normalized spacial score (nSPS) is 18.9. The number of nitrogens with zero attached hydrogens (tertiary/aromatic N) is 3. The number of para-hydroxylation sites is 1. The van der Waals surface area contributed by atoms with Gasteiger partial charge in [0.05, 0.1) is 6.54 Å². The molecule has 2 N–H and O–H groups in total. The summed E-state index contributed by atoms with van der Waals surface area (Å²) in [5.74, 6) is 0.841. The van der Waals surface area contributed by atoms with Crippen LogP contribution in [-0.2, 0) is 16.0 Å². The van der Waals surface area contributed by atoms with Crippen molar-refractivity contribution in [2.75, 3.05) is 38.1 Å². The molecule has 1 saturated heterocycles. The molecule has 3 rings (SSSR count). The fourth-order valence-electron chi connectivity index (χ4n) is 3.88. The monoisotopic (exact) mass is 513 g/mol. The summed E-state index contributed by atoms with van der Waals surface area (Å²) in [6, 6.07) is 8.25. The lowest BCUT2D eigenvalue weighted by Gasteiger charge is -2.29. The van der Waals surface area contributed by atoms with Gasteiger partial charge in [0.25, 0.3) is 0 Å². The number of hydrogen-bond donors (Lipinski definition) is 2. The van der Waals surface area contributed by atoms with Crippen molar-refractivity contribution in [1.82, 2.24) is 15.5 Å². The fraction of sp³-hybridized carbons (Fsp3) is 0.571. The van der Waals surface area contributed by atoms with E-state index in [1.807, 2.05) is 41.8 Å². The summed E-state index contributed by atoms with van der Waals surface area (Å²) in [5.41, 5.74) is 2.24. The topological polar surface area (TPSA) is 77.0 Å². The van der Waals surface area contributed by atoms with E-state index in [-0.39, 0.29) is 54.3 Å². The molecule has 7 nitrogen and oxygen atoms in total. The summed E-state index contributed by atoms with van der Waals surface area (Å²) >= 11 is 0. The Kier molecular flexibility index (Phi) is 8.73.